The summed E-state index contributed by atoms with van der Waals surface area (Å²) in [5, 5.41) is 0. The van der Waals surface area contributed by atoms with E-state index in [0.717, 1.165) is 18.4 Å². The van der Waals surface area contributed by atoms with Crippen molar-refractivity contribution in [2.24, 2.45) is 0 Å². The normalized spacial score (nSPS) is 14.9. The van der Waals surface area contributed by atoms with Gasteiger partial charge in [-0.1, -0.05) is 0 Å². The van der Waals surface area contributed by atoms with E-state index in [1.807, 2.05) is 0 Å². The van der Waals surface area contributed by atoms with Crippen LogP contribution >= 0.6 is 0 Å². The highest BCUT2D eigenvalue weighted by molar-refractivity contribution is 5.08. The Labute approximate surface area is 70.1 Å². The Hall–Kier alpha value is -1.07. The molecule has 6 heteroatoms. The molecule has 0 spiro atoms. The first-order valence-corrected chi connectivity index (χ1v) is 3.31. The minimum absolute atomic E-state index is 0.762. The molecule has 0 aromatic carbocycles. The van der Waals surface area contributed by atoms with E-state index in [-0.39, 0.29) is 0 Å². The number of hydrogen-bond acceptors (Lipinski definition) is 1. The van der Waals surface area contributed by atoms with Crippen LogP contribution in [0.15, 0.2) is 22.8 Å². The maximum atomic E-state index is 12.0. The minimum atomic E-state index is -4.98. The van der Waals surface area contributed by atoms with Gasteiger partial charge in [0.05, 0.1) is 6.26 Å². The Balaban J connectivity index is 2.94. The average Bonchev–Trinajstić information content (AvgIpc) is 2.34. The third-order valence-corrected chi connectivity index (χ3v) is 1.45. The van der Waals surface area contributed by atoms with Crippen LogP contribution in [0.3, 0.4) is 0 Å². The first kappa shape index (κ1) is 10.0. The molecule has 74 valence electrons. The van der Waals surface area contributed by atoms with Gasteiger partial charge in [0.1, 0.15) is 5.76 Å². The fraction of sp³-hybridized carbons (Fsp3) is 0.429. The molecule has 1 nitrogen and oxygen atoms in total. The second kappa shape index (κ2) is 3.35. The Bertz CT molecular complexity index is 250. The third-order valence-electron chi connectivity index (χ3n) is 1.45. The van der Waals surface area contributed by atoms with Crippen LogP contribution in [0.5, 0.6) is 0 Å². The highest BCUT2D eigenvalue weighted by Crippen LogP contribution is 2.39. The summed E-state index contributed by atoms with van der Waals surface area (Å²) in [7, 11) is 0. The SMILES string of the molecule is FC(F)C(c1ccco1)C(F)(F)F. The molecule has 1 unspecified atom stereocenters. The van der Waals surface area contributed by atoms with Crippen molar-refractivity contribution in [3.63, 3.8) is 0 Å². The van der Waals surface area contributed by atoms with Crippen molar-refractivity contribution in [2.45, 2.75) is 18.5 Å². The Morgan fingerprint density at radius 3 is 2.15 bits per heavy atom. The zero-order chi connectivity index (χ0) is 10.1. The Kier molecular flexibility index (Phi) is 2.58. The summed E-state index contributed by atoms with van der Waals surface area (Å²) in [6.45, 7) is 0. The van der Waals surface area contributed by atoms with Crippen molar-refractivity contribution < 1.29 is 26.4 Å². The number of halogens is 5. The van der Waals surface area contributed by atoms with Crippen LogP contribution < -0.4 is 0 Å². The summed E-state index contributed by atoms with van der Waals surface area (Å²) in [5.74, 6) is -3.59. The summed E-state index contributed by atoms with van der Waals surface area (Å²) < 4.78 is 64.2. The number of alkyl halides is 5. The molecule has 0 amide bonds. The van der Waals surface area contributed by atoms with Crippen molar-refractivity contribution >= 4 is 0 Å². The predicted molar refractivity (Wildman–Crippen MR) is 33.5 cm³/mol. The summed E-state index contributed by atoms with van der Waals surface area (Å²) in [5.41, 5.74) is 0. The van der Waals surface area contributed by atoms with Gasteiger partial charge in [-0.15, -0.1) is 0 Å². The van der Waals surface area contributed by atoms with Gasteiger partial charge in [-0.25, -0.2) is 8.78 Å². The van der Waals surface area contributed by atoms with E-state index in [1.165, 1.54) is 0 Å². The smallest absolute Gasteiger partial charge is 0.404 e. The second-order valence-electron chi connectivity index (χ2n) is 2.37. The topological polar surface area (TPSA) is 13.1 Å². The molecular formula is C7H5F5O. The predicted octanol–water partition coefficient (Wildman–Crippen LogP) is 3.19. The number of rotatable bonds is 2. The van der Waals surface area contributed by atoms with E-state index >= 15 is 0 Å². The second-order valence-corrected chi connectivity index (χ2v) is 2.37. The highest BCUT2D eigenvalue weighted by Gasteiger charge is 2.48. The fourth-order valence-corrected chi connectivity index (χ4v) is 0.897. The van der Waals surface area contributed by atoms with Crippen LogP contribution in [0.4, 0.5) is 22.0 Å². The molecule has 1 heterocycles. The molecule has 1 aromatic heterocycles. The van der Waals surface area contributed by atoms with Gasteiger partial charge < -0.3 is 4.42 Å². The molecule has 0 fully saturated rings. The van der Waals surface area contributed by atoms with Crippen molar-refractivity contribution in [1.29, 1.82) is 0 Å². The van der Waals surface area contributed by atoms with Crippen molar-refractivity contribution in [3.05, 3.63) is 24.2 Å². The summed E-state index contributed by atoms with van der Waals surface area (Å²) in [6, 6.07) is 2.01. The van der Waals surface area contributed by atoms with E-state index in [2.05, 4.69) is 4.42 Å². The van der Waals surface area contributed by atoms with Crippen LogP contribution in [0, 0.1) is 0 Å². The van der Waals surface area contributed by atoms with Crippen molar-refractivity contribution in [3.8, 4) is 0 Å². The molecule has 0 aliphatic rings. The van der Waals surface area contributed by atoms with Crippen LogP contribution in [-0.4, -0.2) is 12.6 Å². The zero-order valence-electron chi connectivity index (χ0n) is 6.18. The molecule has 0 aliphatic heterocycles. The molecule has 0 N–H and O–H groups in total. The van der Waals surface area contributed by atoms with E-state index in [4.69, 9.17) is 0 Å². The highest BCUT2D eigenvalue weighted by atomic mass is 19.4. The molecule has 1 rings (SSSR count). The van der Waals surface area contributed by atoms with Gasteiger partial charge in [0.2, 0.25) is 0 Å². The van der Waals surface area contributed by atoms with Crippen LogP contribution in [0.25, 0.3) is 0 Å². The van der Waals surface area contributed by atoms with Gasteiger partial charge in [0, 0.05) is 0 Å². The Morgan fingerprint density at radius 1 is 1.23 bits per heavy atom. The van der Waals surface area contributed by atoms with Gasteiger partial charge in [-0.2, -0.15) is 13.2 Å². The minimum Gasteiger partial charge on any atom is -0.468 e. The lowest BCUT2D eigenvalue weighted by Gasteiger charge is -2.16. The first-order chi connectivity index (χ1) is 5.93. The van der Waals surface area contributed by atoms with Crippen LogP contribution in [-0.2, 0) is 0 Å². The summed E-state index contributed by atoms with van der Waals surface area (Å²) in [4.78, 5) is 0. The standard InChI is InChI=1S/C7H5F5O/c8-6(9)5(7(10,11)12)4-2-1-3-13-4/h1-3,5-6H. The lowest BCUT2D eigenvalue weighted by atomic mass is 10.1. The van der Waals surface area contributed by atoms with Gasteiger partial charge >= 0.3 is 6.18 Å². The maximum absolute atomic E-state index is 12.0. The molecular weight excluding hydrogens is 195 g/mol. The first-order valence-electron chi connectivity index (χ1n) is 3.31. The lowest BCUT2D eigenvalue weighted by molar-refractivity contribution is -0.182. The zero-order valence-corrected chi connectivity index (χ0v) is 6.18. The van der Waals surface area contributed by atoms with E-state index in [0.29, 0.717) is 0 Å². The monoisotopic (exact) mass is 200 g/mol. The molecule has 0 saturated carbocycles. The molecule has 0 bridgehead atoms. The average molecular weight is 200 g/mol. The van der Waals surface area contributed by atoms with Gasteiger partial charge in [0.25, 0.3) is 6.43 Å². The largest absolute Gasteiger partial charge is 0.468 e. The fourth-order valence-electron chi connectivity index (χ4n) is 0.897. The van der Waals surface area contributed by atoms with Crippen molar-refractivity contribution in [1.82, 2.24) is 0 Å². The summed E-state index contributed by atoms with van der Waals surface area (Å²) >= 11 is 0. The Morgan fingerprint density at radius 2 is 1.85 bits per heavy atom. The molecule has 13 heavy (non-hydrogen) atoms. The van der Waals surface area contributed by atoms with Crippen molar-refractivity contribution in [2.75, 3.05) is 0 Å². The summed E-state index contributed by atoms with van der Waals surface area (Å²) in [6.07, 6.45) is -7.56. The lowest BCUT2D eigenvalue weighted by Crippen LogP contribution is -2.26. The van der Waals surface area contributed by atoms with E-state index in [1.54, 1.807) is 0 Å². The molecule has 0 saturated heterocycles. The molecule has 0 radical (unpaired) electrons. The van der Waals surface area contributed by atoms with E-state index < -0.39 is 24.3 Å². The molecule has 0 aliphatic carbocycles. The molecule has 1 atom stereocenters. The van der Waals surface area contributed by atoms with Gasteiger partial charge in [-0.05, 0) is 12.1 Å². The third kappa shape index (κ3) is 2.19. The van der Waals surface area contributed by atoms with E-state index in [9.17, 15) is 22.0 Å². The molecule has 1 aromatic rings. The number of furan rings is 1. The van der Waals surface area contributed by atoms with Crippen LogP contribution in [0.2, 0.25) is 0 Å². The maximum Gasteiger partial charge on any atom is 0.404 e. The quantitative estimate of drug-likeness (QED) is 0.668. The van der Waals surface area contributed by atoms with Gasteiger partial charge in [0.15, 0.2) is 5.92 Å². The van der Waals surface area contributed by atoms with Crippen LogP contribution in [0.1, 0.15) is 11.7 Å². The number of hydrogen-bond donors (Lipinski definition) is 0. The van der Waals surface area contributed by atoms with Gasteiger partial charge in [-0.3, -0.25) is 0 Å².